The zero-order valence-electron chi connectivity index (χ0n) is 21.1. The molecule has 0 bridgehead atoms. The van der Waals surface area contributed by atoms with E-state index in [-0.39, 0.29) is 28.9 Å². The molecule has 1 aliphatic heterocycles. The molecule has 39 heavy (non-hydrogen) atoms. The number of aromatic nitrogens is 4. The minimum absolute atomic E-state index is 0.0220. The highest BCUT2D eigenvalue weighted by Crippen LogP contribution is 2.39. The van der Waals surface area contributed by atoms with E-state index in [2.05, 4.69) is 53.2 Å². The molecule has 0 spiro atoms. The largest absolute Gasteiger partial charge is 0.496 e. The lowest BCUT2D eigenvalue weighted by molar-refractivity contribution is 0.102. The van der Waals surface area contributed by atoms with E-state index >= 15 is 0 Å². The van der Waals surface area contributed by atoms with E-state index in [0.29, 0.717) is 25.2 Å². The first-order valence-corrected chi connectivity index (χ1v) is 13.2. The first kappa shape index (κ1) is 26.6. The standard InChI is InChI=1S/C26H25FIN7O4/c1-34-22-15(12-30-34)23(35-10-4-5-14(13-35)31-26(37)38)19(11-17(22)28)33-25(36)18-8-9-29-24(32-18)21-16(27)6-3-7-20(21)39-2/h3,6-9,11-12,14,31H,4-5,10,13H2,1-2H3,(H,33,36)(H,37,38). The molecule has 1 fully saturated rings. The number of nitrogens with zero attached hydrogens (tertiary/aromatic N) is 5. The lowest BCUT2D eigenvalue weighted by atomic mass is 10.0. The molecule has 4 aromatic rings. The van der Waals surface area contributed by atoms with Gasteiger partial charge in [-0.25, -0.2) is 19.2 Å². The molecule has 2 aromatic heterocycles. The molecule has 3 heterocycles. The normalized spacial score (nSPS) is 15.3. The molecule has 11 nitrogen and oxygen atoms in total. The molecule has 1 aliphatic rings. The number of fused-ring (bicyclic) bond motifs is 1. The van der Waals surface area contributed by atoms with Crippen LogP contribution in [0.25, 0.3) is 22.3 Å². The van der Waals surface area contributed by atoms with Gasteiger partial charge in [0.15, 0.2) is 5.82 Å². The fourth-order valence-electron chi connectivity index (χ4n) is 4.89. The summed E-state index contributed by atoms with van der Waals surface area (Å²) >= 11 is 2.20. The Balaban J connectivity index is 1.53. The number of anilines is 2. The number of ether oxygens (including phenoxy) is 1. The van der Waals surface area contributed by atoms with Gasteiger partial charge in [0, 0.05) is 41.3 Å². The molecule has 3 N–H and O–H groups in total. The summed E-state index contributed by atoms with van der Waals surface area (Å²) in [4.78, 5) is 35.3. The molecule has 1 unspecified atom stereocenters. The van der Waals surface area contributed by atoms with E-state index in [1.807, 2.05) is 13.1 Å². The van der Waals surface area contributed by atoms with Crippen molar-refractivity contribution in [3.8, 4) is 17.1 Å². The summed E-state index contributed by atoms with van der Waals surface area (Å²) < 4.78 is 22.6. The van der Waals surface area contributed by atoms with Gasteiger partial charge in [0.2, 0.25) is 0 Å². The Bertz CT molecular complexity index is 1580. The van der Waals surface area contributed by atoms with Crippen molar-refractivity contribution in [2.45, 2.75) is 18.9 Å². The zero-order valence-corrected chi connectivity index (χ0v) is 23.3. The fraction of sp³-hybridized carbons (Fsp3) is 0.269. The maximum atomic E-state index is 14.7. The Morgan fingerprint density at radius 1 is 1.28 bits per heavy atom. The van der Waals surface area contributed by atoms with Crippen molar-refractivity contribution in [3.05, 3.63) is 57.8 Å². The minimum Gasteiger partial charge on any atom is -0.496 e. The van der Waals surface area contributed by atoms with E-state index in [1.54, 1.807) is 16.9 Å². The van der Waals surface area contributed by atoms with Crippen molar-refractivity contribution in [3.63, 3.8) is 0 Å². The van der Waals surface area contributed by atoms with Gasteiger partial charge in [-0.15, -0.1) is 0 Å². The molecule has 1 atom stereocenters. The number of hydrogen-bond donors (Lipinski definition) is 3. The number of amides is 2. The van der Waals surface area contributed by atoms with Gasteiger partial charge in [-0.3, -0.25) is 9.48 Å². The third-order valence-corrected chi connectivity index (χ3v) is 7.39. The first-order valence-electron chi connectivity index (χ1n) is 12.1. The number of hydrogen-bond acceptors (Lipinski definition) is 7. The second kappa shape index (κ2) is 11.0. The van der Waals surface area contributed by atoms with Gasteiger partial charge in [-0.1, -0.05) is 6.07 Å². The van der Waals surface area contributed by atoms with E-state index in [9.17, 15) is 19.1 Å². The molecule has 1 saturated heterocycles. The maximum absolute atomic E-state index is 14.7. The molecule has 2 amide bonds. The third kappa shape index (κ3) is 5.30. The van der Waals surface area contributed by atoms with Crippen LogP contribution in [0.2, 0.25) is 0 Å². The van der Waals surface area contributed by atoms with E-state index in [4.69, 9.17) is 4.74 Å². The number of piperidine rings is 1. The molecular formula is C26H25FIN7O4. The molecule has 0 aliphatic carbocycles. The molecule has 2 aromatic carbocycles. The average molecular weight is 645 g/mol. The summed E-state index contributed by atoms with van der Waals surface area (Å²) in [6, 6.07) is 7.43. The summed E-state index contributed by atoms with van der Waals surface area (Å²) in [6.45, 7) is 1.11. The van der Waals surface area contributed by atoms with Gasteiger partial charge in [0.25, 0.3) is 5.91 Å². The quantitative estimate of drug-likeness (QED) is 0.265. The number of halogens is 2. The minimum atomic E-state index is -1.07. The number of carboxylic acid groups (broad SMARTS) is 1. The Kier molecular flexibility index (Phi) is 7.50. The SMILES string of the molecule is COc1cccc(F)c1-c1nccc(C(=O)Nc2cc(I)c3c(cnn3C)c2N2CCCC(NC(=O)O)C2)n1. The predicted molar refractivity (Wildman–Crippen MR) is 152 cm³/mol. The number of methoxy groups -OCH3 is 1. The number of carbonyl (C=O) groups excluding carboxylic acids is 1. The smallest absolute Gasteiger partial charge is 0.404 e. The number of aryl methyl sites for hydroxylation is 1. The average Bonchev–Trinajstić information content (AvgIpc) is 3.30. The first-order chi connectivity index (χ1) is 18.8. The van der Waals surface area contributed by atoms with Crippen molar-refractivity contribution in [2.24, 2.45) is 7.05 Å². The topological polar surface area (TPSA) is 134 Å². The highest BCUT2D eigenvalue weighted by atomic mass is 127. The van der Waals surface area contributed by atoms with Crippen molar-refractivity contribution >= 4 is 56.9 Å². The number of nitrogens with one attached hydrogen (secondary N) is 2. The van der Waals surface area contributed by atoms with Crippen LogP contribution in [0, 0.1) is 9.39 Å². The fourth-order valence-corrected chi connectivity index (χ4v) is 5.85. The van der Waals surface area contributed by atoms with Gasteiger partial charge in [-0.05, 0) is 59.7 Å². The third-order valence-electron chi connectivity index (χ3n) is 6.57. The summed E-state index contributed by atoms with van der Waals surface area (Å²) in [7, 11) is 3.26. The maximum Gasteiger partial charge on any atom is 0.404 e. The lowest BCUT2D eigenvalue weighted by Crippen LogP contribution is -2.47. The molecule has 5 rings (SSSR count). The van der Waals surface area contributed by atoms with Crippen LogP contribution in [0.15, 0.2) is 42.7 Å². The second-order valence-corrected chi connectivity index (χ2v) is 10.2. The molecule has 13 heteroatoms. The Labute approximate surface area is 236 Å². The van der Waals surface area contributed by atoms with Crippen LogP contribution < -0.4 is 20.3 Å². The summed E-state index contributed by atoms with van der Waals surface area (Å²) in [5.41, 5.74) is 2.28. The van der Waals surface area contributed by atoms with Crippen molar-refractivity contribution in [1.29, 1.82) is 0 Å². The predicted octanol–water partition coefficient (Wildman–Crippen LogP) is 4.27. The van der Waals surface area contributed by atoms with Crippen LogP contribution in [0.5, 0.6) is 5.75 Å². The highest BCUT2D eigenvalue weighted by molar-refractivity contribution is 14.1. The van der Waals surface area contributed by atoms with Gasteiger partial charge < -0.3 is 25.4 Å². The highest BCUT2D eigenvalue weighted by Gasteiger charge is 2.27. The van der Waals surface area contributed by atoms with E-state index in [0.717, 1.165) is 26.6 Å². The summed E-state index contributed by atoms with van der Waals surface area (Å²) in [6.07, 6.45) is 3.55. The molecule has 0 saturated carbocycles. The van der Waals surface area contributed by atoms with Crippen molar-refractivity contribution in [1.82, 2.24) is 25.1 Å². The Hall–Kier alpha value is -4.01. The molecule has 202 valence electrons. The van der Waals surface area contributed by atoms with Crippen molar-refractivity contribution in [2.75, 3.05) is 30.4 Å². The van der Waals surface area contributed by atoms with Crippen LogP contribution >= 0.6 is 22.6 Å². The van der Waals surface area contributed by atoms with Crippen molar-refractivity contribution < 1.29 is 23.8 Å². The molecular weight excluding hydrogens is 620 g/mol. The number of rotatable bonds is 6. The number of carbonyl (C=O) groups is 2. The van der Waals surface area contributed by atoms with E-state index < -0.39 is 17.8 Å². The Morgan fingerprint density at radius 2 is 2.10 bits per heavy atom. The molecule has 0 radical (unpaired) electrons. The van der Waals surface area contributed by atoms with Gasteiger partial charge in [0.05, 0.1) is 35.8 Å². The Morgan fingerprint density at radius 3 is 2.87 bits per heavy atom. The second-order valence-electron chi connectivity index (χ2n) is 9.06. The zero-order chi connectivity index (χ0) is 27.7. The summed E-state index contributed by atoms with van der Waals surface area (Å²) in [5.74, 6) is -0.804. The van der Waals surface area contributed by atoms with Crippen LogP contribution in [-0.4, -0.2) is 63.1 Å². The van der Waals surface area contributed by atoms with E-state index in [1.165, 1.54) is 31.5 Å². The van der Waals surface area contributed by atoms with Crippen LogP contribution in [0.1, 0.15) is 23.3 Å². The van der Waals surface area contributed by atoms with Crippen LogP contribution in [0.4, 0.5) is 20.6 Å². The van der Waals surface area contributed by atoms with Crippen LogP contribution in [0.3, 0.4) is 0 Å². The lowest BCUT2D eigenvalue weighted by Gasteiger charge is -2.35. The number of benzene rings is 2. The monoisotopic (exact) mass is 645 g/mol. The van der Waals surface area contributed by atoms with Gasteiger partial charge in [0.1, 0.15) is 17.3 Å². The van der Waals surface area contributed by atoms with Gasteiger partial charge >= 0.3 is 6.09 Å². The van der Waals surface area contributed by atoms with Gasteiger partial charge in [-0.2, -0.15) is 5.10 Å². The summed E-state index contributed by atoms with van der Waals surface area (Å²) in [5, 5.41) is 20.0. The van der Waals surface area contributed by atoms with Crippen LogP contribution in [-0.2, 0) is 7.05 Å².